The first-order valence-corrected chi connectivity index (χ1v) is 6.29. The third kappa shape index (κ3) is 4.81. The zero-order valence-corrected chi connectivity index (χ0v) is 10.9. The monoisotopic (exact) mass is 211 g/mol. The molecule has 1 radical (unpaired) electrons. The SMILES string of the molecule is [CH2]CCCCC(=O)C(C)(C)C(C)CCC. The van der Waals surface area contributed by atoms with Crippen LogP contribution in [0.15, 0.2) is 0 Å². The number of hydrogen-bond acceptors (Lipinski definition) is 1. The van der Waals surface area contributed by atoms with Crippen molar-refractivity contribution in [2.24, 2.45) is 11.3 Å². The van der Waals surface area contributed by atoms with Gasteiger partial charge >= 0.3 is 0 Å². The lowest BCUT2D eigenvalue weighted by atomic mass is 9.73. The molecular formula is C14H27O. The summed E-state index contributed by atoms with van der Waals surface area (Å²) in [6.45, 7) is 12.4. The first-order valence-electron chi connectivity index (χ1n) is 6.29. The lowest BCUT2D eigenvalue weighted by Crippen LogP contribution is -2.31. The van der Waals surface area contributed by atoms with E-state index in [0.29, 0.717) is 11.7 Å². The smallest absolute Gasteiger partial charge is 0.138 e. The molecule has 0 bridgehead atoms. The number of ketones is 1. The first-order chi connectivity index (χ1) is 6.96. The van der Waals surface area contributed by atoms with E-state index in [4.69, 9.17) is 0 Å². The summed E-state index contributed by atoms with van der Waals surface area (Å²) in [5.74, 6) is 0.923. The Bertz CT molecular complexity index is 182. The van der Waals surface area contributed by atoms with Gasteiger partial charge in [0.05, 0.1) is 0 Å². The lowest BCUT2D eigenvalue weighted by molar-refractivity contribution is -0.129. The minimum absolute atomic E-state index is 0.142. The molecule has 15 heavy (non-hydrogen) atoms. The summed E-state index contributed by atoms with van der Waals surface area (Å²) >= 11 is 0. The van der Waals surface area contributed by atoms with Crippen molar-refractivity contribution in [3.05, 3.63) is 6.92 Å². The number of Topliss-reactive ketones (excluding diaryl/α,β-unsaturated/α-hetero) is 1. The maximum absolute atomic E-state index is 12.0. The van der Waals surface area contributed by atoms with Crippen molar-refractivity contribution in [1.29, 1.82) is 0 Å². The van der Waals surface area contributed by atoms with Gasteiger partial charge < -0.3 is 0 Å². The summed E-state index contributed by atoms with van der Waals surface area (Å²) in [5, 5.41) is 0. The molecular weight excluding hydrogens is 184 g/mol. The Hall–Kier alpha value is -0.330. The van der Waals surface area contributed by atoms with Gasteiger partial charge in [0.2, 0.25) is 0 Å². The zero-order valence-electron chi connectivity index (χ0n) is 10.9. The van der Waals surface area contributed by atoms with E-state index in [2.05, 4.69) is 34.6 Å². The van der Waals surface area contributed by atoms with Crippen LogP contribution in [0.2, 0.25) is 0 Å². The molecule has 0 spiro atoms. The van der Waals surface area contributed by atoms with Gasteiger partial charge in [-0.1, -0.05) is 60.3 Å². The summed E-state index contributed by atoms with van der Waals surface area (Å²) in [6, 6.07) is 0. The van der Waals surface area contributed by atoms with Gasteiger partial charge in [-0.05, 0) is 12.3 Å². The van der Waals surface area contributed by atoms with Crippen molar-refractivity contribution in [3.63, 3.8) is 0 Å². The van der Waals surface area contributed by atoms with Crippen LogP contribution in [0.3, 0.4) is 0 Å². The van der Waals surface area contributed by atoms with Crippen molar-refractivity contribution >= 4 is 5.78 Å². The van der Waals surface area contributed by atoms with Gasteiger partial charge in [0.1, 0.15) is 5.78 Å². The largest absolute Gasteiger partial charge is 0.299 e. The molecule has 0 saturated carbocycles. The van der Waals surface area contributed by atoms with Crippen molar-refractivity contribution in [3.8, 4) is 0 Å². The van der Waals surface area contributed by atoms with Crippen molar-refractivity contribution in [2.45, 2.75) is 66.2 Å². The molecule has 0 heterocycles. The van der Waals surface area contributed by atoms with Gasteiger partial charge in [-0.3, -0.25) is 4.79 Å². The van der Waals surface area contributed by atoms with Crippen LogP contribution < -0.4 is 0 Å². The molecule has 1 heteroatoms. The molecule has 0 aromatic carbocycles. The molecule has 1 atom stereocenters. The summed E-state index contributed by atoms with van der Waals surface area (Å²) < 4.78 is 0. The molecule has 0 amide bonds. The molecule has 0 aliphatic heterocycles. The van der Waals surface area contributed by atoms with Crippen LogP contribution in [-0.4, -0.2) is 5.78 Å². The predicted molar refractivity (Wildman–Crippen MR) is 66.7 cm³/mol. The third-order valence-corrected chi connectivity index (χ3v) is 3.58. The third-order valence-electron chi connectivity index (χ3n) is 3.58. The highest BCUT2D eigenvalue weighted by Crippen LogP contribution is 2.32. The summed E-state index contributed by atoms with van der Waals surface area (Å²) in [7, 11) is 0. The minimum Gasteiger partial charge on any atom is -0.299 e. The fourth-order valence-electron chi connectivity index (χ4n) is 1.85. The van der Waals surface area contributed by atoms with Gasteiger partial charge in [0.25, 0.3) is 0 Å². The van der Waals surface area contributed by atoms with Crippen LogP contribution in [0.5, 0.6) is 0 Å². The first kappa shape index (κ1) is 14.7. The van der Waals surface area contributed by atoms with Crippen LogP contribution in [0, 0.1) is 18.3 Å². The standard InChI is InChI=1S/C14H27O/c1-6-8-9-11-13(15)14(4,5)12(3)10-7-2/h12H,1,6-11H2,2-5H3. The number of rotatable bonds is 8. The molecule has 0 rings (SSSR count). The van der Waals surface area contributed by atoms with E-state index >= 15 is 0 Å². The minimum atomic E-state index is -0.142. The molecule has 0 saturated heterocycles. The Morgan fingerprint density at radius 1 is 1.33 bits per heavy atom. The average Bonchev–Trinajstić information content (AvgIpc) is 2.18. The van der Waals surface area contributed by atoms with E-state index in [0.717, 1.165) is 38.5 Å². The molecule has 89 valence electrons. The van der Waals surface area contributed by atoms with Crippen LogP contribution in [0.1, 0.15) is 66.2 Å². The lowest BCUT2D eigenvalue weighted by Gasteiger charge is -2.30. The predicted octanol–water partition coefficient (Wildman–Crippen LogP) is 4.41. The van der Waals surface area contributed by atoms with Crippen LogP contribution >= 0.6 is 0 Å². The van der Waals surface area contributed by atoms with Crippen LogP contribution in [0.25, 0.3) is 0 Å². The van der Waals surface area contributed by atoms with Gasteiger partial charge in [-0.2, -0.15) is 0 Å². The molecule has 0 aromatic rings. The highest BCUT2D eigenvalue weighted by atomic mass is 16.1. The normalized spacial score (nSPS) is 13.9. The van der Waals surface area contributed by atoms with Crippen LogP contribution in [0.4, 0.5) is 0 Å². The van der Waals surface area contributed by atoms with E-state index in [1.807, 2.05) is 0 Å². The highest BCUT2D eigenvalue weighted by Gasteiger charge is 2.32. The molecule has 0 aliphatic rings. The molecule has 0 fully saturated rings. The number of carbonyl (C=O) groups is 1. The number of carbonyl (C=O) groups excluding carboxylic acids is 1. The quantitative estimate of drug-likeness (QED) is 0.543. The van der Waals surface area contributed by atoms with Crippen LogP contribution in [-0.2, 0) is 4.79 Å². The van der Waals surface area contributed by atoms with E-state index in [1.165, 1.54) is 0 Å². The second-order valence-electron chi connectivity index (χ2n) is 5.15. The Labute approximate surface area is 95.6 Å². The Kier molecular flexibility index (Phi) is 6.87. The second-order valence-corrected chi connectivity index (χ2v) is 5.15. The fraction of sp³-hybridized carbons (Fsp3) is 0.857. The Morgan fingerprint density at radius 3 is 2.40 bits per heavy atom. The van der Waals surface area contributed by atoms with E-state index in [1.54, 1.807) is 0 Å². The zero-order chi connectivity index (χ0) is 11.9. The van der Waals surface area contributed by atoms with E-state index in [-0.39, 0.29) is 5.41 Å². The Balaban J connectivity index is 4.12. The summed E-state index contributed by atoms with van der Waals surface area (Å²) in [5.41, 5.74) is -0.142. The van der Waals surface area contributed by atoms with Gasteiger partial charge in [-0.25, -0.2) is 0 Å². The fourth-order valence-corrected chi connectivity index (χ4v) is 1.85. The second kappa shape index (κ2) is 7.03. The molecule has 1 unspecified atom stereocenters. The van der Waals surface area contributed by atoms with Crippen molar-refractivity contribution in [2.75, 3.05) is 0 Å². The van der Waals surface area contributed by atoms with Gasteiger partial charge in [-0.15, -0.1) is 0 Å². The summed E-state index contributed by atoms with van der Waals surface area (Å²) in [4.78, 5) is 12.0. The Morgan fingerprint density at radius 2 is 1.93 bits per heavy atom. The molecule has 0 aromatic heterocycles. The molecule has 1 nitrogen and oxygen atoms in total. The average molecular weight is 211 g/mol. The van der Waals surface area contributed by atoms with E-state index in [9.17, 15) is 4.79 Å². The maximum atomic E-state index is 12.0. The number of hydrogen-bond donors (Lipinski definition) is 0. The summed E-state index contributed by atoms with van der Waals surface area (Å²) in [6.07, 6.45) is 6.06. The topological polar surface area (TPSA) is 17.1 Å². The molecule has 0 aliphatic carbocycles. The highest BCUT2D eigenvalue weighted by molar-refractivity contribution is 5.84. The van der Waals surface area contributed by atoms with Gasteiger partial charge in [0, 0.05) is 11.8 Å². The number of unbranched alkanes of at least 4 members (excludes halogenated alkanes) is 2. The maximum Gasteiger partial charge on any atom is 0.138 e. The van der Waals surface area contributed by atoms with Gasteiger partial charge in [0.15, 0.2) is 0 Å². The molecule has 0 N–H and O–H groups in total. The van der Waals surface area contributed by atoms with Crippen molar-refractivity contribution < 1.29 is 4.79 Å². The van der Waals surface area contributed by atoms with E-state index < -0.39 is 0 Å². The van der Waals surface area contributed by atoms with Crippen molar-refractivity contribution in [1.82, 2.24) is 0 Å².